The van der Waals surface area contributed by atoms with Crippen LogP contribution < -0.4 is 10.0 Å². The number of hydrogen-bond donors (Lipinski definition) is 2. The van der Waals surface area contributed by atoms with E-state index in [0.29, 0.717) is 51.9 Å². The molecule has 0 bridgehead atoms. The summed E-state index contributed by atoms with van der Waals surface area (Å²) in [6, 6.07) is 15.3. The zero-order valence-corrected chi connectivity index (χ0v) is 24.7. The van der Waals surface area contributed by atoms with Gasteiger partial charge in [0, 0.05) is 33.8 Å². The molecule has 2 N–H and O–H groups in total. The second kappa shape index (κ2) is 12.0. The monoisotopic (exact) mass is 629 g/mol. The van der Waals surface area contributed by atoms with E-state index >= 15 is 0 Å². The molecule has 0 radical (unpaired) electrons. The summed E-state index contributed by atoms with van der Waals surface area (Å²) in [6.45, 7) is 2.11. The predicted molar refractivity (Wildman–Crippen MR) is 155 cm³/mol. The summed E-state index contributed by atoms with van der Waals surface area (Å²) in [4.78, 5) is 13.0. The Kier molecular flexibility index (Phi) is 9.15. The fourth-order valence-corrected chi connectivity index (χ4v) is 7.70. The number of anilines is 2. The molecule has 3 aromatic rings. The highest BCUT2D eigenvalue weighted by atomic mass is 35.5. The maximum atomic E-state index is 13.1. The lowest BCUT2D eigenvalue weighted by Crippen LogP contribution is -2.44. The third-order valence-corrected chi connectivity index (χ3v) is 10.4. The second-order valence-electron chi connectivity index (χ2n) is 9.27. The van der Waals surface area contributed by atoms with E-state index in [1.165, 1.54) is 40.7 Å². The molecule has 13 heteroatoms. The maximum absolute atomic E-state index is 13.1. The van der Waals surface area contributed by atoms with Crippen molar-refractivity contribution in [3.8, 4) is 0 Å². The van der Waals surface area contributed by atoms with Crippen molar-refractivity contribution in [1.29, 1.82) is 0 Å². The first-order valence-electron chi connectivity index (χ1n) is 12.0. The van der Waals surface area contributed by atoms with Crippen LogP contribution in [0.1, 0.15) is 24.0 Å². The van der Waals surface area contributed by atoms with E-state index in [1.54, 1.807) is 31.2 Å². The number of nitrogens with zero attached hydrogens (tertiary/aromatic N) is 1. The first-order chi connectivity index (χ1) is 18.3. The minimum atomic E-state index is -3.88. The van der Waals surface area contributed by atoms with Gasteiger partial charge < -0.3 is 5.32 Å². The molecule has 1 fully saturated rings. The summed E-state index contributed by atoms with van der Waals surface area (Å²) in [5, 5.41) is 3.84. The van der Waals surface area contributed by atoms with E-state index in [-0.39, 0.29) is 28.1 Å². The molecule has 0 spiro atoms. The van der Waals surface area contributed by atoms with E-state index < -0.39 is 26.0 Å². The maximum Gasteiger partial charge on any atom is 0.261 e. The minimum Gasteiger partial charge on any atom is -0.326 e. The fraction of sp³-hybridized carbons (Fsp3) is 0.269. The number of benzene rings is 3. The van der Waals surface area contributed by atoms with E-state index in [4.69, 9.17) is 34.8 Å². The normalized spacial score (nSPS) is 16.6. The van der Waals surface area contributed by atoms with Crippen LogP contribution in [0.4, 0.5) is 11.4 Å². The molecule has 208 valence electrons. The Hall–Kier alpha value is -2.34. The van der Waals surface area contributed by atoms with Gasteiger partial charge in [0.2, 0.25) is 15.9 Å². The van der Waals surface area contributed by atoms with Gasteiger partial charge in [-0.25, -0.2) is 21.1 Å². The molecule has 1 amide bonds. The lowest BCUT2D eigenvalue weighted by molar-refractivity contribution is -0.120. The summed E-state index contributed by atoms with van der Waals surface area (Å²) >= 11 is 18.0. The van der Waals surface area contributed by atoms with Gasteiger partial charge in [0.1, 0.15) is 0 Å². The summed E-state index contributed by atoms with van der Waals surface area (Å²) in [6.07, 6.45) is 1.05. The molecule has 0 saturated carbocycles. The van der Waals surface area contributed by atoms with Crippen molar-refractivity contribution in [2.45, 2.75) is 30.4 Å². The molecule has 1 aliphatic rings. The predicted octanol–water partition coefficient (Wildman–Crippen LogP) is 5.94. The van der Waals surface area contributed by atoms with Gasteiger partial charge in [0.15, 0.2) is 0 Å². The molecule has 4 rings (SSSR count). The van der Waals surface area contributed by atoms with Crippen molar-refractivity contribution < 1.29 is 21.6 Å². The van der Waals surface area contributed by atoms with Crippen LogP contribution in [0.5, 0.6) is 0 Å². The number of nitrogens with one attached hydrogen (secondary N) is 2. The van der Waals surface area contributed by atoms with Crippen LogP contribution in [-0.2, 0) is 30.6 Å². The van der Waals surface area contributed by atoms with Crippen molar-refractivity contribution >= 4 is 72.1 Å². The molecule has 0 aromatic heterocycles. The molecule has 1 atom stereocenters. The summed E-state index contributed by atoms with van der Waals surface area (Å²) < 4.78 is 55.6. The molecule has 0 aliphatic carbocycles. The number of piperidine rings is 1. The molecule has 1 aliphatic heterocycles. The first-order valence-corrected chi connectivity index (χ1v) is 16.2. The van der Waals surface area contributed by atoms with Crippen LogP contribution in [0.25, 0.3) is 0 Å². The van der Waals surface area contributed by atoms with E-state index in [9.17, 15) is 21.6 Å². The molecule has 39 heavy (non-hydrogen) atoms. The van der Waals surface area contributed by atoms with Gasteiger partial charge >= 0.3 is 0 Å². The van der Waals surface area contributed by atoms with Crippen LogP contribution in [0.15, 0.2) is 65.6 Å². The number of hydrogen-bond acceptors (Lipinski definition) is 5. The highest BCUT2D eigenvalue weighted by Crippen LogP contribution is 2.28. The van der Waals surface area contributed by atoms with Crippen LogP contribution >= 0.6 is 34.8 Å². The van der Waals surface area contributed by atoms with Crippen LogP contribution in [-0.4, -0.2) is 40.1 Å². The van der Waals surface area contributed by atoms with E-state index in [1.807, 2.05) is 0 Å². The van der Waals surface area contributed by atoms with Gasteiger partial charge in [0.25, 0.3) is 10.0 Å². The third-order valence-electron chi connectivity index (χ3n) is 6.38. The fourth-order valence-electron chi connectivity index (χ4n) is 4.21. The van der Waals surface area contributed by atoms with Gasteiger partial charge in [-0.3, -0.25) is 9.52 Å². The number of amides is 1. The molecule has 8 nitrogen and oxygen atoms in total. The molecule has 1 saturated heterocycles. The topological polar surface area (TPSA) is 113 Å². The van der Waals surface area contributed by atoms with Gasteiger partial charge in [-0.05, 0) is 79.4 Å². The largest absolute Gasteiger partial charge is 0.326 e. The van der Waals surface area contributed by atoms with Crippen molar-refractivity contribution in [1.82, 2.24) is 4.31 Å². The van der Waals surface area contributed by atoms with Crippen LogP contribution in [0, 0.1) is 12.8 Å². The zero-order valence-electron chi connectivity index (χ0n) is 20.8. The number of halogens is 3. The third kappa shape index (κ3) is 7.45. The van der Waals surface area contributed by atoms with Gasteiger partial charge in [-0.1, -0.05) is 46.9 Å². The number of aryl methyl sites for hydroxylation is 1. The minimum absolute atomic E-state index is 0.00988. The van der Waals surface area contributed by atoms with Crippen LogP contribution in [0.3, 0.4) is 0 Å². The lowest BCUT2D eigenvalue weighted by atomic mass is 9.99. The Morgan fingerprint density at radius 3 is 2.31 bits per heavy atom. The highest BCUT2D eigenvalue weighted by molar-refractivity contribution is 7.92. The van der Waals surface area contributed by atoms with E-state index in [0.717, 1.165) is 0 Å². The average molecular weight is 631 g/mol. The van der Waals surface area contributed by atoms with E-state index in [2.05, 4.69) is 10.0 Å². The van der Waals surface area contributed by atoms with Crippen molar-refractivity contribution in [3.05, 3.63) is 86.9 Å². The number of carbonyl (C=O) groups is 1. The van der Waals surface area contributed by atoms with Crippen molar-refractivity contribution in [2.24, 2.45) is 5.92 Å². The summed E-state index contributed by atoms with van der Waals surface area (Å²) in [7, 11) is -7.61. The number of carbonyl (C=O) groups excluding carboxylic acids is 1. The second-order valence-corrected chi connectivity index (χ2v) is 14.2. The van der Waals surface area contributed by atoms with Crippen LogP contribution in [0.2, 0.25) is 15.1 Å². The van der Waals surface area contributed by atoms with Crippen molar-refractivity contribution in [3.63, 3.8) is 0 Å². The highest BCUT2D eigenvalue weighted by Gasteiger charge is 2.33. The SMILES string of the molecule is Cc1ccc(Cl)cc1NS(=O)(=O)c1ccc(NC(=O)C2CCCN(S(=O)(=O)Cc3ccc(Cl)cc3Cl)C2)cc1. The quantitative estimate of drug-likeness (QED) is 0.320. The molecule has 1 heterocycles. The van der Waals surface area contributed by atoms with Gasteiger partial charge in [-0.15, -0.1) is 0 Å². The molecule has 3 aromatic carbocycles. The van der Waals surface area contributed by atoms with Gasteiger partial charge in [0.05, 0.1) is 22.3 Å². The average Bonchev–Trinajstić information content (AvgIpc) is 2.88. The van der Waals surface area contributed by atoms with Gasteiger partial charge in [-0.2, -0.15) is 0 Å². The Bertz CT molecular complexity index is 1600. The number of sulfonamides is 2. The lowest BCUT2D eigenvalue weighted by Gasteiger charge is -2.31. The Morgan fingerprint density at radius 1 is 0.949 bits per heavy atom. The molecular formula is C26H26Cl3N3O5S2. The van der Waals surface area contributed by atoms with Crippen molar-refractivity contribution in [2.75, 3.05) is 23.1 Å². The summed E-state index contributed by atoms with van der Waals surface area (Å²) in [5.74, 6) is -1.21. The standard InChI is InChI=1S/C26H26Cl3N3O5S2/c1-17-4-6-21(28)14-25(17)31-39(36,37)23-10-8-22(9-11-23)30-26(33)18-3-2-12-32(15-18)38(34,35)16-19-5-7-20(27)13-24(19)29/h4-11,13-14,18,31H,2-3,12,15-16H2,1H3,(H,30,33). The summed E-state index contributed by atoms with van der Waals surface area (Å²) in [5.41, 5.74) is 1.91. The molecular weight excluding hydrogens is 605 g/mol. The smallest absolute Gasteiger partial charge is 0.261 e. The first kappa shape index (κ1) is 29.6. The Labute approximate surface area is 243 Å². The number of rotatable bonds is 8. The Balaban J connectivity index is 1.40. The molecule has 1 unspecified atom stereocenters. The zero-order chi connectivity index (χ0) is 28.4. The Morgan fingerprint density at radius 2 is 1.62 bits per heavy atom.